The van der Waals surface area contributed by atoms with E-state index < -0.39 is 0 Å². The van der Waals surface area contributed by atoms with Gasteiger partial charge < -0.3 is 0 Å². The summed E-state index contributed by atoms with van der Waals surface area (Å²) in [6.45, 7) is 9.06. The van der Waals surface area contributed by atoms with Crippen LogP contribution in [0, 0.1) is 0 Å². The zero-order valence-corrected chi connectivity index (χ0v) is 12.5. The van der Waals surface area contributed by atoms with Crippen molar-refractivity contribution in [2.24, 2.45) is 0 Å². The number of hydrogen-bond acceptors (Lipinski definition) is 3. The molecule has 1 saturated heterocycles. The minimum absolute atomic E-state index is 0.592. The SMILES string of the molecule is CCN1CCCCC1c1ccc(SC(C)C)nc1. The minimum atomic E-state index is 0.592. The summed E-state index contributed by atoms with van der Waals surface area (Å²) in [6.07, 6.45) is 6.07. The van der Waals surface area contributed by atoms with Crippen molar-refractivity contribution in [3.63, 3.8) is 0 Å². The number of likely N-dealkylation sites (tertiary alicyclic amines) is 1. The van der Waals surface area contributed by atoms with E-state index in [4.69, 9.17) is 0 Å². The second-order valence-corrected chi connectivity index (χ2v) is 6.83. The maximum absolute atomic E-state index is 4.60. The van der Waals surface area contributed by atoms with E-state index >= 15 is 0 Å². The van der Waals surface area contributed by atoms with Gasteiger partial charge >= 0.3 is 0 Å². The van der Waals surface area contributed by atoms with Crippen LogP contribution in [0.3, 0.4) is 0 Å². The summed E-state index contributed by atoms with van der Waals surface area (Å²) in [7, 11) is 0. The summed E-state index contributed by atoms with van der Waals surface area (Å²) in [5.74, 6) is 0. The highest BCUT2D eigenvalue weighted by atomic mass is 32.2. The molecule has 0 saturated carbocycles. The van der Waals surface area contributed by atoms with E-state index in [2.05, 4.69) is 49.0 Å². The Morgan fingerprint density at radius 2 is 2.22 bits per heavy atom. The molecule has 1 fully saturated rings. The van der Waals surface area contributed by atoms with Crippen LogP contribution in [0.2, 0.25) is 0 Å². The van der Waals surface area contributed by atoms with Crippen LogP contribution in [0.15, 0.2) is 23.4 Å². The summed E-state index contributed by atoms with van der Waals surface area (Å²) in [4.78, 5) is 7.18. The van der Waals surface area contributed by atoms with Crippen molar-refractivity contribution in [2.75, 3.05) is 13.1 Å². The summed E-state index contributed by atoms with van der Waals surface area (Å²) in [5.41, 5.74) is 1.39. The van der Waals surface area contributed by atoms with Gasteiger partial charge in [0.25, 0.3) is 0 Å². The maximum atomic E-state index is 4.60. The third-order valence-corrected chi connectivity index (χ3v) is 4.47. The minimum Gasteiger partial charge on any atom is -0.297 e. The van der Waals surface area contributed by atoms with E-state index in [-0.39, 0.29) is 0 Å². The standard InChI is InChI=1S/C15H24N2S/c1-4-17-10-6-5-7-14(17)13-8-9-15(16-11-13)18-12(2)3/h8-9,11-12,14H,4-7,10H2,1-3H3. The Labute approximate surface area is 115 Å². The van der Waals surface area contributed by atoms with Gasteiger partial charge in [-0.3, -0.25) is 4.90 Å². The van der Waals surface area contributed by atoms with Crippen LogP contribution in [-0.2, 0) is 0 Å². The van der Waals surface area contributed by atoms with Crippen molar-refractivity contribution in [1.29, 1.82) is 0 Å². The zero-order valence-electron chi connectivity index (χ0n) is 11.7. The summed E-state index contributed by atoms with van der Waals surface area (Å²) < 4.78 is 0. The first-order valence-corrected chi connectivity index (χ1v) is 7.95. The fraction of sp³-hybridized carbons (Fsp3) is 0.667. The van der Waals surface area contributed by atoms with E-state index in [1.807, 2.05) is 11.8 Å². The van der Waals surface area contributed by atoms with Gasteiger partial charge in [0.15, 0.2) is 0 Å². The Balaban J connectivity index is 2.07. The molecule has 0 aromatic carbocycles. The Hall–Kier alpha value is -0.540. The topological polar surface area (TPSA) is 16.1 Å². The van der Waals surface area contributed by atoms with E-state index in [0.29, 0.717) is 11.3 Å². The molecule has 1 atom stereocenters. The van der Waals surface area contributed by atoms with E-state index in [9.17, 15) is 0 Å². The van der Waals surface area contributed by atoms with E-state index in [1.165, 1.54) is 31.4 Å². The predicted molar refractivity (Wildman–Crippen MR) is 79.1 cm³/mol. The van der Waals surface area contributed by atoms with Crippen LogP contribution in [-0.4, -0.2) is 28.2 Å². The van der Waals surface area contributed by atoms with Gasteiger partial charge in [-0.2, -0.15) is 0 Å². The van der Waals surface area contributed by atoms with Gasteiger partial charge in [-0.25, -0.2) is 4.98 Å². The van der Waals surface area contributed by atoms with Gasteiger partial charge in [0.05, 0.1) is 5.03 Å². The second kappa shape index (κ2) is 6.58. The van der Waals surface area contributed by atoms with Crippen molar-refractivity contribution in [3.8, 4) is 0 Å². The molecular formula is C15H24N2S. The molecule has 1 unspecified atom stereocenters. The van der Waals surface area contributed by atoms with Gasteiger partial charge in [-0.15, -0.1) is 11.8 Å². The van der Waals surface area contributed by atoms with Crippen LogP contribution in [0.25, 0.3) is 0 Å². The summed E-state index contributed by atoms with van der Waals surface area (Å²) >= 11 is 1.84. The lowest BCUT2D eigenvalue weighted by Crippen LogP contribution is -2.33. The molecule has 3 heteroatoms. The molecule has 0 amide bonds. The summed E-state index contributed by atoms with van der Waals surface area (Å²) in [5, 5.41) is 1.75. The van der Waals surface area contributed by atoms with Crippen LogP contribution in [0.1, 0.15) is 51.6 Å². The molecule has 1 aromatic heterocycles. The molecule has 1 aliphatic rings. The quantitative estimate of drug-likeness (QED) is 0.761. The first kappa shape index (κ1) is 13.9. The van der Waals surface area contributed by atoms with Crippen LogP contribution >= 0.6 is 11.8 Å². The molecule has 2 rings (SSSR count). The number of hydrogen-bond donors (Lipinski definition) is 0. The lowest BCUT2D eigenvalue weighted by molar-refractivity contribution is 0.157. The highest BCUT2D eigenvalue weighted by Crippen LogP contribution is 2.31. The monoisotopic (exact) mass is 264 g/mol. The Morgan fingerprint density at radius 3 is 2.83 bits per heavy atom. The predicted octanol–water partition coefficient (Wildman–Crippen LogP) is 4.13. The molecule has 0 N–H and O–H groups in total. The smallest absolute Gasteiger partial charge is 0.0962 e. The number of aromatic nitrogens is 1. The van der Waals surface area contributed by atoms with Gasteiger partial charge in [0.2, 0.25) is 0 Å². The van der Waals surface area contributed by atoms with Crippen LogP contribution < -0.4 is 0 Å². The number of rotatable bonds is 4. The van der Waals surface area contributed by atoms with E-state index in [1.54, 1.807) is 0 Å². The van der Waals surface area contributed by atoms with Gasteiger partial charge in [-0.1, -0.05) is 33.3 Å². The fourth-order valence-electron chi connectivity index (χ4n) is 2.65. The Morgan fingerprint density at radius 1 is 1.39 bits per heavy atom. The van der Waals surface area contributed by atoms with Crippen LogP contribution in [0.5, 0.6) is 0 Å². The number of nitrogens with zero attached hydrogens (tertiary/aromatic N) is 2. The first-order chi connectivity index (χ1) is 8.70. The molecule has 1 aromatic rings. The van der Waals surface area contributed by atoms with Crippen LogP contribution in [0.4, 0.5) is 0 Å². The molecule has 0 bridgehead atoms. The normalized spacial score (nSPS) is 21.4. The van der Waals surface area contributed by atoms with Gasteiger partial charge in [-0.05, 0) is 37.6 Å². The average Bonchev–Trinajstić information content (AvgIpc) is 2.39. The molecule has 0 aliphatic carbocycles. The average molecular weight is 264 g/mol. The highest BCUT2D eigenvalue weighted by Gasteiger charge is 2.22. The number of thioether (sulfide) groups is 1. The Bertz CT molecular complexity index is 361. The third-order valence-electron chi connectivity index (χ3n) is 3.52. The molecule has 2 nitrogen and oxygen atoms in total. The molecule has 0 spiro atoms. The number of piperidine rings is 1. The highest BCUT2D eigenvalue weighted by molar-refractivity contribution is 7.99. The van der Waals surface area contributed by atoms with Crippen molar-refractivity contribution >= 4 is 11.8 Å². The second-order valence-electron chi connectivity index (χ2n) is 5.24. The largest absolute Gasteiger partial charge is 0.297 e. The summed E-state index contributed by atoms with van der Waals surface area (Å²) in [6, 6.07) is 5.05. The molecule has 0 radical (unpaired) electrons. The third kappa shape index (κ3) is 3.48. The molecule has 2 heterocycles. The molecule has 18 heavy (non-hydrogen) atoms. The Kier molecular flexibility index (Phi) is 5.07. The van der Waals surface area contributed by atoms with Crippen molar-refractivity contribution in [2.45, 2.75) is 56.4 Å². The van der Waals surface area contributed by atoms with E-state index in [0.717, 1.165) is 11.6 Å². The number of pyridine rings is 1. The van der Waals surface area contributed by atoms with Crippen molar-refractivity contribution < 1.29 is 0 Å². The lowest BCUT2D eigenvalue weighted by Gasteiger charge is -2.35. The maximum Gasteiger partial charge on any atom is 0.0962 e. The zero-order chi connectivity index (χ0) is 13.0. The fourth-order valence-corrected chi connectivity index (χ4v) is 3.39. The molecule has 100 valence electrons. The van der Waals surface area contributed by atoms with Crippen molar-refractivity contribution in [1.82, 2.24) is 9.88 Å². The molecular weight excluding hydrogens is 240 g/mol. The first-order valence-electron chi connectivity index (χ1n) is 7.07. The molecule has 1 aliphatic heterocycles. The van der Waals surface area contributed by atoms with Gasteiger partial charge in [0, 0.05) is 17.5 Å². The van der Waals surface area contributed by atoms with Gasteiger partial charge in [0.1, 0.15) is 0 Å². The lowest BCUT2D eigenvalue weighted by atomic mass is 9.96. The van der Waals surface area contributed by atoms with Crippen molar-refractivity contribution in [3.05, 3.63) is 23.9 Å².